The summed E-state index contributed by atoms with van der Waals surface area (Å²) < 4.78 is 1.55. The Balaban J connectivity index is 1.95. The van der Waals surface area contributed by atoms with Crippen molar-refractivity contribution >= 4 is 12.4 Å². The Labute approximate surface area is 156 Å². The number of hydrogen-bond donors (Lipinski definition) is 0. The van der Waals surface area contributed by atoms with Gasteiger partial charge in [0.05, 0.1) is 0 Å². The van der Waals surface area contributed by atoms with E-state index in [1.54, 1.807) is 0 Å². The summed E-state index contributed by atoms with van der Waals surface area (Å²) in [6.45, 7) is 9.00. The number of rotatable bonds is 7. The number of nitrogens with zero attached hydrogens (tertiary/aromatic N) is 2. The van der Waals surface area contributed by atoms with Crippen molar-refractivity contribution in [3.05, 3.63) is 81.2 Å². The molecule has 0 spiro atoms. The van der Waals surface area contributed by atoms with Crippen LogP contribution in [0.5, 0.6) is 0 Å². The average molecular weight is 352 g/mol. The van der Waals surface area contributed by atoms with E-state index in [1.165, 1.54) is 23.6 Å². The second-order valence-corrected chi connectivity index (χ2v) is 7.24. The molecular weight excluding hydrogens is 324 g/mol. The first-order valence-corrected chi connectivity index (χ1v) is 9.08. The van der Waals surface area contributed by atoms with Crippen molar-refractivity contribution in [3.63, 3.8) is 0 Å². The van der Waals surface area contributed by atoms with E-state index in [1.807, 2.05) is 48.5 Å². The Morgan fingerprint density at radius 1 is 0.654 bits per heavy atom. The van der Waals surface area contributed by atoms with E-state index in [0.29, 0.717) is 11.8 Å². The van der Waals surface area contributed by atoms with Gasteiger partial charge in [-0.05, 0) is 23.0 Å². The van der Waals surface area contributed by atoms with E-state index in [0.717, 1.165) is 20.6 Å². The molecule has 0 fully saturated rings. The lowest BCUT2D eigenvalue weighted by atomic mass is 10.0. The van der Waals surface area contributed by atoms with Gasteiger partial charge >= 0.3 is 0 Å². The van der Waals surface area contributed by atoms with Crippen LogP contribution in [0.1, 0.15) is 61.8 Å². The van der Waals surface area contributed by atoms with Gasteiger partial charge in [-0.25, -0.2) is 9.48 Å². The van der Waals surface area contributed by atoms with Crippen molar-refractivity contribution in [3.8, 4) is 0 Å². The third-order valence-corrected chi connectivity index (χ3v) is 4.37. The molecule has 2 aromatic carbocycles. The van der Waals surface area contributed by atoms with Crippen LogP contribution in [0.15, 0.2) is 48.5 Å². The van der Waals surface area contributed by atoms with Crippen LogP contribution in [0, 0.1) is 10.4 Å². The molecule has 0 aliphatic rings. The lowest BCUT2D eigenvalue weighted by Crippen LogP contribution is -2.11. The first-order valence-electron chi connectivity index (χ1n) is 9.08. The van der Waals surface area contributed by atoms with Gasteiger partial charge in [0.15, 0.2) is 13.1 Å². The molecule has 2 aromatic rings. The zero-order valence-electron chi connectivity index (χ0n) is 16.1. The fourth-order valence-corrected chi connectivity index (χ4v) is 2.63. The number of hydroxylamine groups is 2. The summed E-state index contributed by atoms with van der Waals surface area (Å²) in [5, 5.41) is 23.9. The minimum Gasteiger partial charge on any atom is -0.623 e. The molecule has 0 atom stereocenters. The lowest BCUT2D eigenvalue weighted by molar-refractivity contribution is -0.482. The summed E-state index contributed by atoms with van der Waals surface area (Å²) in [6, 6.07) is 16.0. The van der Waals surface area contributed by atoms with E-state index in [-0.39, 0.29) is 13.1 Å². The molecular formula is C22H28N2O2. The Bertz CT molecular complexity index is 690. The largest absolute Gasteiger partial charge is 0.623 e. The quantitative estimate of drug-likeness (QED) is 0.311. The monoisotopic (exact) mass is 352 g/mol. The zero-order valence-corrected chi connectivity index (χ0v) is 16.1. The van der Waals surface area contributed by atoms with Gasteiger partial charge in [0.25, 0.3) is 0 Å². The second kappa shape index (κ2) is 9.18. The summed E-state index contributed by atoms with van der Waals surface area (Å²) in [7, 11) is 0. The third-order valence-electron chi connectivity index (χ3n) is 4.37. The van der Waals surface area contributed by atoms with E-state index in [2.05, 4.69) is 27.7 Å². The molecule has 0 N–H and O–H groups in total. The highest BCUT2D eigenvalue weighted by Crippen LogP contribution is 2.15. The minimum absolute atomic E-state index is 0.228. The molecule has 0 saturated carbocycles. The molecule has 26 heavy (non-hydrogen) atoms. The van der Waals surface area contributed by atoms with Gasteiger partial charge in [0.2, 0.25) is 12.4 Å². The van der Waals surface area contributed by atoms with Crippen LogP contribution in [0.3, 0.4) is 0 Å². The molecule has 0 bridgehead atoms. The van der Waals surface area contributed by atoms with Crippen LogP contribution in [-0.4, -0.2) is 21.9 Å². The van der Waals surface area contributed by atoms with Gasteiger partial charge in [0, 0.05) is 11.1 Å². The van der Waals surface area contributed by atoms with Crippen molar-refractivity contribution in [2.45, 2.75) is 52.6 Å². The van der Waals surface area contributed by atoms with Crippen molar-refractivity contribution in [2.24, 2.45) is 0 Å². The van der Waals surface area contributed by atoms with E-state index in [4.69, 9.17) is 0 Å². The van der Waals surface area contributed by atoms with Crippen LogP contribution >= 0.6 is 0 Å². The Morgan fingerprint density at radius 2 is 0.962 bits per heavy atom. The maximum absolute atomic E-state index is 12.0. The highest BCUT2D eigenvalue weighted by Gasteiger charge is 2.04. The highest BCUT2D eigenvalue weighted by molar-refractivity contribution is 6.10. The normalized spacial score (nSPS) is 12.8. The maximum Gasteiger partial charge on any atom is 0.240 e. The predicted molar refractivity (Wildman–Crippen MR) is 108 cm³/mol. The van der Waals surface area contributed by atoms with E-state index < -0.39 is 0 Å². The lowest BCUT2D eigenvalue weighted by Gasteiger charge is -2.08. The molecule has 0 radical (unpaired) electrons. The Morgan fingerprint density at radius 3 is 1.23 bits per heavy atom. The second-order valence-electron chi connectivity index (χ2n) is 7.24. The molecule has 2 rings (SSSR count). The standard InChI is InChI=1S/C22H28N2O2/c1-17(2)21-9-5-19(6-10-21)15-23(25)13-14-24(26)16-20-7-11-22(12-8-20)18(3)4/h5-14,17-18H,15-16H2,1-4H3/b23-13-,24-14-. The molecule has 0 amide bonds. The Kier molecular flexibility index (Phi) is 6.96. The average Bonchev–Trinajstić information content (AvgIpc) is 2.61. The first kappa shape index (κ1) is 19.7. The van der Waals surface area contributed by atoms with Crippen molar-refractivity contribution < 1.29 is 9.48 Å². The van der Waals surface area contributed by atoms with Crippen molar-refractivity contribution in [2.75, 3.05) is 0 Å². The molecule has 0 aromatic heterocycles. The van der Waals surface area contributed by atoms with Crippen molar-refractivity contribution in [1.29, 1.82) is 0 Å². The van der Waals surface area contributed by atoms with Crippen LogP contribution in [0.2, 0.25) is 0 Å². The molecule has 0 heterocycles. The summed E-state index contributed by atoms with van der Waals surface area (Å²) in [5.41, 5.74) is 4.35. The van der Waals surface area contributed by atoms with Crippen molar-refractivity contribution in [1.82, 2.24) is 0 Å². The number of hydrogen-bond acceptors (Lipinski definition) is 2. The highest BCUT2D eigenvalue weighted by atomic mass is 16.5. The zero-order chi connectivity index (χ0) is 19.1. The van der Waals surface area contributed by atoms with Crippen LogP contribution in [0.25, 0.3) is 0 Å². The SMILES string of the molecule is CC(C)c1ccc(C/[N+]([O-])=C/C=[N+](\[O-])Cc2ccc(C(C)C)cc2)cc1. The molecule has 0 saturated heterocycles. The minimum atomic E-state index is 0.228. The van der Waals surface area contributed by atoms with Gasteiger partial charge in [-0.3, -0.25) is 0 Å². The molecule has 0 unspecified atom stereocenters. The predicted octanol–water partition coefficient (Wildman–Crippen LogP) is 4.80. The van der Waals surface area contributed by atoms with Gasteiger partial charge in [-0.2, -0.15) is 0 Å². The summed E-state index contributed by atoms with van der Waals surface area (Å²) in [5.74, 6) is 0.937. The number of benzene rings is 2. The molecule has 138 valence electrons. The summed E-state index contributed by atoms with van der Waals surface area (Å²) in [4.78, 5) is 0. The summed E-state index contributed by atoms with van der Waals surface area (Å²) in [6.07, 6.45) is 2.57. The smallest absolute Gasteiger partial charge is 0.240 e. The van der Waals surface area contributed by atoms with E-state index >= 15 is 0 Å². The van der Waals surface area contributed by atoms with Gasteiger partial charge < -0.3 is 10.4 Å². The fraction of sp³-hybridized carbons (Fsp3) is 0.364. The Hall–Kier alpha value is -2.62. The van der Waals surface area contributed by atoms with Gasteiger partial charge in [-0.15, -0.1) is 0 Å². The first-order chi connectivity index (χ1) is 12.3. The topological polar surface area (TPSA) is 52.1 Å². The van der Waals surface area contributed by atoms with Crippen LogP contribution in [-0.2, 0) is 13.1 Å². The van der Waals surface area contributed by atoms with Crippen LogP contribution < -0.4 is 0 Å². The van der Waals surface area contributed by atoms with Gasteiger partial charge in [0.1, 0.15) is 0 Å². The maximum atomic E-state index is 12.0. The molecule has 4 nitrogen and oxygen atoms in total. The fourth-order valence-electron chi connectivity index (χ4n) is 2.63. The third kappa shape index (κ3) is 6.03. The van der Waals surface area contributed by atoms with Gasteiger partial charge in [-0.1, -0.05) is 76.2 Å². The van der Waals surface area contributed by atoms with Crippen LogP contribution in [0.4, 0.5) is 0 Å². The summed E-state index contributed by atoms with van der Waals surface area (Å²) >= 11 is 0. The molecule has 4 heteroatoms. The molecule has 0 aliphatic carbocycles. The van der Waals surface area contributed by atoms with E-state index in [9.17, 15) is 10.4 Å². The molecule has 0 aliphatic heterocycles.